The van der Waals surface area contributed by atoms with E-state index in [2.05, 4.69) is 48.3 Å². The number of rotatable bonds is 4. The van der Waals surface area contributed by atoms with Gasteiger partial charge in [0.25, 0.3) is 0 Å². The summed E-state index contributed by atoms with van der Waals surface area (Å²) >= 11 is 0. The van der Waals surface area contributed by atoms with Crippen LogP contribution in [0.25, 0.3) is 0 Å². The average Bonchev–Trinajstić information content (AvgIpc) is 2.51. The molecule has 0 aliphatic carbocycles. The first-order chi connectivity index (χ1) is 10.2. The molecule has 0 bridgehead atoms. The van der Waals surface area contributed by atoms with Crippen molar-refractivity contribution in [3.05, 3.63) is 29.8 Å². The molecule has 1 N–H and O–H groups in total. The summed E-state index contributed by atoms with van der Waals surface area (Å²) in [5.74, 6) is 2.50. The fraction of sp³-hybridized carbons (Fsp3) is 0.667. The lowest BCUT2D eigenvalue weighted by Gasteiger charge is -2.34. The van der Waals surface area contributed by atoms with Crippen LogP contribution in [0.1, 0.15) is 38.3 Å². The number of benzene rings is 1. The van der Waals surface area contributed by atoms with Crippen LogP contribution in [-0.2, 0) is 0 Å². The fourth-order valence-corrected chi connectivity index (χ4v) is 3.47. The van der Waals surface area contributed by atoms with E-state index in [-0.39, 0.29) is 0 Å². The molecule has 2 atom stereocenters. The number of likely N-dealkylation sites (tertiary alicyclic amines) is 1. The second kappa shape index (κ2) is 6.80. The third-order valence-corrected chi connectivity index (χ3v) is 4.99. The van der Waals surface area contributed by atoms with Gasteiger partial charge in [-0.3, -0.25) is 0 Å². The molecule has 1 saturated heterocycles. The summed E-state index contributed by atoms with van der Waals surface area (Å²) in [6.07, 6.45) is 2.72. The highest BCUT2D eigenvalue weighted by Crippen LogP contribution is 2.34. The highest BCUT2D eigenvalue weighted by atomic mass is 16.5. The van der Waals surface area contributed by atoms with Crippen LogP contribution in [0.4, 0.5) is 0 Å². The minimum atomic E-state index is 0.429. The number of piperidine rings is 1. The lowest BCUT2D eigenvalue weighted by atomic mass is 9.92. The molecular formula is C18H28N2O. The van der Waals surface area contributed by atoms with Crippen molar-refractivity contribution in [1.82, 2.24) is 10.2 Å². The number of hydrogen-bond acceptors (Lipinski definition) is 3. The Morgan fingerprint density at radius 1 is 1.19 bits per heavy atom. The molecule has 2 unspecified atom stereocenters. The molecule has 2 heterocycles. The summed E-state index contributed by atoms with van der Waals surface area (Å²) in [4.78, 5) is 2.60. The van der Waals surface area contributed by atoms with E-state index in [0.717, 1.165) is 24.8 Å². The van der Waals surface area contributed by atoms with Crippen LogP contribution in [0.3, 0.4) is 0 Å². The lowest BCUT2D eigenvalue weighted by molar-refractivity contribution is 0.169. The SMILES string of the molecule is CC1CCN(CCNC2c3ccccc3OCC2C)CC1. The van der Waals surface area contributed by atoms with E-state index < -0.39 is 0 Å². The van der Waals surface area contributed by atoms with Crippen LogP contribution < -0.4 is 10.1 Å². The molecule has 1 aromatic carbocycles. The average molecular weight is 288 g/mol. The molecule has 21 heavy (non-hydrogen) atoms. The maximum atomic E-state index is 5.82. The van der Waals surface area contributed by atoms with Crippen LogP contribution in [0, 0.1) is 11.8 Å². The minimum Gasteiger partial charge on any atom is -0.493 e. The Balaban J connectivity index is 1.53. The number of fused-ring (bicyclic) bond motifs is 1. The third kappa shape index (κ3) is 3.58. The van der Waals surface area contributed by atoms with Gasteiger partial charge in [-0.05, 0) is 37.9 Å². The van der Waals surface area contributed by atoms with Gasteiger partial charge in [0, 0.05) is 30.6 Å². The summed E-state index contributed by atoms with van der Waals surface area (Å²) in [6, 6.07) is 8.88. The maximum absolute atomic E-state index is 5.82. The largest absolute Gasteiger partial charge is 0.493 e. The van der Waals surface area contributed by atoms with Crippen LogP contribution in [0.2, 0.25) is 0 Å². The first-order valence-corrected chi connectivity index (χ1v) is 8.41. The number of nitrogens with zero attached hydrogens (tertiary/aromatic N) is 1. The third-order valence-electron chi connectivity index (χ3n) is 4.99. The molecule has 0 amide bonds. The minimum absolute atomic E-state index is 0.429. The van der Waals surface area contributed by atoms with Crippen molar-refractivity contribution < 1.29 is 4.74 Å². The first-order valence-electron chi connectivity index (χ1n) is 8.41. The standard InChI is InChI=1S/C18H28N2O/c1-14-7-10-20(11-8-14)12-9-19-18-15(2)13-21-17-6-4-3-5-16(17)18/h3-6,14-15,18-19H,7-13H2,1-2H3. The van der Waals surface area contributed by atoms with Crippen molar-refractivity contribution >= 4 is 0 Å². The van der Waals surface area contributed by atoms with E-state index in [1.165, 1.54) is 38.0 Å². The maximum Gasteiger partial charge on any atom is 0.124 e. The van der Waals surface area contributed by atoms with Gasteiger partial charge in [-0.1, -0.05) is 32.0 Å². The molecule has 3 heteroatoms. The second-order valence-electron chi connectivity index (χ2n) is 6.78. The van der Waals surface area contributed by atoms with E-state index in [9.17, 15) is 0 Å². The van der Waals surface area contributed by atoms with Crippen LogP contribution in [0.15, 0.2) is 24.3 Å². The highest BCUT2D eigenvalue weighted by molar-refractivity contribution is 5.37. The zero-order valence-corrected chi connectivity index (χ0v) is 13.3. The van der Waals surface area contributed by atoms with Gasteiger partial charge in [-0.25, -0.2) is 0 Å². The van der Waals surface area contributed by atoms with Gasteiger partial charge in [0.15, 0.2) is 0 Å². The van der Waals surface area contributed by atoms with Crippen LogP contribution in [-0.4, -0.2) is 37.7 Å². The molecule has 2 aliphatic heterocycles. The van der Waals surface area contributed by atoms with Gasteiger partial charge in [0.1, 0.15) is 5.75 Å². The molecule has 1 aromatic rings. The summed E-state index contributed by atoms with van der Waals surface area (Å²) in [7, 11) is 0. The van der Waals surface area contributed by atoms with Crippen molar-refractivity contribution in [2.24, 2.45) is 11.8 Å². The Labute approximate surface area is 128 Å². The van der Waals surface area contributed by atoms with Gasteiger partial charge in [-0.2, -0.15) is 0 Å². The summed E-state index contributed by atoms with van der Waals surface area (Å²) < 4.78 is 5.82. The number of nitrogens with one attached hydrogen (secondary N) is 1. The lowest BCUT2D eigenvalue weighted by Crippen LogP contribution is -2.41. The topological polar surface area (TPSA) is 24.5 Å². The second-order valence-corrected chi connectivity index (χ2v) is 6.78. The van der Waals surface area contributed by atoms with Gasteiger partial charge in [0.2, 0.25) is 0 Å². The Morgan fingerprint density at radius 3 is 2.76 bits per heavy atom. The molecule has 0 radical (unpaired) electrons. The Bertz CT molecular complexity index is 454. The van der Waals surface area contributed by atoms with Crippen LogP contribution in [0.5, 0.6) is 5.75 Å². The molecule has 2 aliphatic rings. The Kier molecular flexibility index (Phi) is 4.81. The van der Waals surface area contributed by atoms with E-state index in [0.29, 0.717) is 12.0 Å². The molecule has 3 rings (SSSR count). The molecule has 116 valence electrons. The number of para-hydroxylation sites is 1. The van der Waals surface area contributed by atoms with Crippen LogP contribution >= 0.6 is 0 Å². The number of ether oxygens (including phenoxy) is 1. The summed E-state index contributed by atoms with van der Waals surface area (Å²) in [5.41, 5.74) is 1.32. The van der Waals surface area contributed by atoms with E-state index in [1.807, 2.05) is 0 Å². The molecule has 0 aromatic heterocycles. The van der Waals surface area contributed by atoms with Gasteiger partial charge in [0.05, 0.1) is 6.61 Å². The quantitative estimate of drug-likeness (QED) is 0.921. The monoisotopic (exact) mass is 288 g/mol. The summed E-state index contributed by atoms with van der Waals surface area (Å²) in [6.45, 7) is 10.2. The van der Waals surface area contributed by atoms with Crippen molar-refractivity contribution in [2.45, 2.75) is 32.7 Å². The highest BCUT2D eigenvalue weighted by Gasteiger charge is 2.27. The smallest absolute Gasteiger partial charge is 0.124 e. The van der Waals surface area contributed by atoms with E-state index in [1.54, 1.807) is 0 Å². The predicted molar refractivity (Wildman–Crippen MR) is 86.7 cm³/mol. The molecule has 0 saturated carbocycles. The van der Waals surface area contributed by atoms with Crippen molar-refractivity contribution in [2.75, 3.05) is 32.8 Å². The molecule has 1 fully saturated rings. The fourth-order valence-electron chi connectivity index (χ4n) is 3.47. The van der Waals surface area contributed by atoms with Crippen molar-refractivity contribution in [3.8, 4) is 5.75 Å². The zero-order chi connectivity index (χ0) is 14.7. The normalized spacial score (nSPS) is 27.1. The summed E-state index contributed by atoms with van der Waals surface area (Å²) in [5, 5.41) is 3.76. The predicted octanol–water partition coefficient (Wildman–Crippen LogP) is 3.08. The first kappa shape index (κ1) is 14.9. The van der Waals surface area contributed by atoms with Gasteiger partial charge < -0.3 is 15.0 Å². The van der Waals surface area contributed by atoms with Gasteiger partial charge >= 0.3 is 0 Å². The molecule has 3 nitrogen and oxygen atoms in total. The van der Waals surface area contributed by atoms with E-state index >= 15 is 0 Å². The van der Waals surface area contributed by atoms with Gasteiger partial charge in [-0.15, -0.1) is 0 Å². The zero-order valence-electron chi connectivity index (χ0n) is 13.3. The van der Waals surface area contributed by atoms with E-state index in [4.69, 9.17) is 4.74 Å². The molecule has 0 spiro atoms. The Morgan fingerprint density at radius 2 is 1.95 bits per heavy atom. The van der Waals surface area contributed by atoms with Crippen molar-refractivity contribution in [3.63, 3.8) is 0 Å². The Hall–Kier alpha value is -1.06. The molecular weight excluding hydrogens is 260 g/mol. The van der Waals surface area contributed by atoms with Crippen molar-refractivity contribution in [1.29, 1.82) is 0 Å². The number of hydrogen-bond donors (Lipinski definition) is 1.